The number of hydrogen-bond acceptors (Lipinski definition) is 4. The molecule has 6 heteroatoms. The summed E-state index contributed by atoms with van der Waals surface area (Å²) in [7, 11) is 0. The first-order chi connectivity index (χ1) is 17.6. The minimum absolute atomic E-state index is 0.260. The standard InChI is InChI=1S/C30H22N4O2/c1-19-7-6-9-23(17-19)32-30-24(18-21-8-2-5-12-27(21)36-30)29(35)31-22-15-13-20(14-16-22)28-33-25-10-3-4-11-26(25)34-28/h2-18H,1H3,(H,31,35)(H,33,34). The predicted octanol–water partition coefficient (Wildman–Crippen LogP) is 6.77. The predicted molar refractivity (Wildman–Crippen MR) is 142 cm³/mol. The number of aromatic nitrogens is 2. The summed E-state index contributed by atoms with van der Waals surface area (Å²) in [5.41, 5.74) is 6.56. The molecule has 0 aliphatic heterocycles. The minimum Gasteiger partial charge on any atom is -0.438 e. The first-order valence-electron chi connectivity index (χ1n) is 11.6. The Kier molecular flexibility index (Phi) is 5.39. The van der Waals surface area contributed by atoms with Gasteiger partial charge in [0.1, 0.15) is 17.0 Å². The second-order valence-corrected chi connectivity index (χ2v) is 8.59. The number of aryl methyl sites for hydroxylation is 1. The number of aromatic amines is 1. The van der Waals surface area contributed by atoms with Gasteiger partial charge in [-0.15, -0.1) is 0 Å². The zero-order valence-corrected chi connectivity index (χ0v) is 19.5. The van der Waals surface area contributed by atoms with E-state index in [1.54, 1.807) is 0 Å². The van der Waals surface area contributed by atoms with Crippen LogP contribution in [0.3, 0.4) is 0 Å². The average molecular weight is 471 g/mol. The van der Waals surface area contributed by atoms with Crippen molar-refractivity contribution in [1.82, 2.24) is 9.97 Å². The summed E-state index contributed by atoms with van der Waals surface area (Å²) in [6.07, 6.45) is 0. The van der Waals surface area contributed by atoms with Crippen LogP contribution < -0.4 is 10.9 Å². The van der Waals surface area contributed by atoms with Crippen molar-refractivity contribution < 1.29 is 9.21 Å². The van der Waals surface area contributed by atoms with Crippen molar-refractivity contribution in [2.45, 2.75) is 6.92 Å². The van der Waals surface area contributed by atoms with Crippen molar-refractivity contribution in [2.75, 3.05) is 5.32 Å². The summed E-state index contributed by atoms with van der Waals surface area (Å²) in [5.74, 6) is 0.481. The molecular weight excluding hydrogens is 448 g/mol. The van der Waals surface area contributed by atoms with Crippen LogP contribution in [0.5, 0.6) is 0 Å². The molecule has 174 valence electrons. The van der Waals surface area contributed by atoms with Crippen molar-refractivity contribution in [1.29, 1.82) is 0 Å². The third kappa shape index (κ3) is 4.28. The summed E-state index contributed by atoms with van der Waals surface area (Å²) in [6, 6.07) is 32.6. The first kappa shape index (κ1) is 21.6. The number of amides is 1. The van der Waals surface area contributed by atoms with Crippen LogP contribution in [0.15, 0.2) is 113 Å². The van der Waals surface area contributed by atoms with Gasteiger partial charge in [-0.3, -0.25) is 4.79 Å². The molecule has 6 aromatic rings. The maximum atomic E-state index is 13.4. The van der Waals surface area contributed by atoms with Gasteiger partial charge in [-0.05, 0) is 73.2 Å². The molecule has 1 amide bonds. The second kappa shape index (κ2) is 9.00. The van der Waals surface area contributed by atoms with Crippen molar-refractivity contribution in [3.05, 3.63) is 120 Å². The van der Waals surface area contributed by atoms with Crippen LogP contribution in [-0.4, -0.2) is 15.9 Å². The van der Waals surface area contributed by atoms with Gasteiger partial charge in [-0.1, -0.05) is 42.5 Å². The van der Waals surface area contributed by atoms with Crippen LogP contribution in [0.1, 0.15) is 15.9 Å². The van der Waals surface area contributed by atoms with Gasteiger partial charge in [0.2, 0.25) is 5.55 Å². The third-order valence-corrected chi connectivity index (χ3v) is 5.94. The van der Waals surface area contributed by atoms with E-state index in [0.717, 1.165) is 39.1 Å². The van der Waals surface area contributed by atoms with Gasteiger partial charge >= 0.3 is 0 Å². The lowest BCUT2D eigenvalue weighted by Crippen LogP contribution is -2.21. The van der Waals surface area contributed by atoms with E-state index in [4.69, 9.17) is 4.42 Å². The van der Waals surface area contributed by atoms with Gasteiger partial charge in [0, 0.05) is 16.6 Å². The molecule has 0 unspecified atom stereocenters. The molecule has 6 rings (SSSR count). The molecular formula is C30H22N4O2. The van der Waals surface area contributed by atoms with E-state index in [2.05, 4.69) is 20.3 Å². The SMILES string of the molecule is Cc1cccc(N=c2oc3ccccc3cc2C(=O)Nc2ccc(-c3nc4ccccc4[nH]3)cc2)c1. The monoisotopic (exact) mass is 470 g/mol. The lowest BCUT2D eigenvalue weighted by Gasteiger charge is -2.08. The largest absolute Gasteiger partial charge is 0.438 e. The number of nitrogens with zero attached hydrogens (tertiary/aromatic N) is 2. The Bertz CT molecular complexity index is 1760. The van der Waals surface area contributed by atoms with Gasteiger partial charge in [0.25, 0.3) is 5.91 Å². The fourth-order valence-corrected chi connectivity index (χ4v) is 4.13. The number of carbonyl (C=O) groups is 1. The molecule has 0 fully saturated rings. The van der Waals surface area contributed by atoms with Crippen molar-refractivity contribution in [3.8, 4) is 11.4 Å². The number of hydrogen-bond donors (Lipinski definition) is 2. The molecule has 0 saturated heterocycles. The highest BCUT2D eigenvalue weighted by molar-refractivity contribution is 6.05. The van der Waals surface area contributed by atoms with Crippen LogP contribution >= 0.6 is 0 Å². The third-order valence-electron chi connectivity index (χ3n) is 5.94. The molecule has 6 nitrogen and oxygen atoms in total. The smallest absolute Gasteiger partial charge is 0.261 e. The number of nitrogens with one attached hydrogen (secondary N) is 2. The molecule has 0 aliphatic rings. The lowest BCUT2D eigenvalue weighted by molar-refractivity contribution is 0.102. The van der Waals surface area contributed by atoms with E-state index in [1.807, 2.05) is 110 Å². The van der Waals surface area contributed by atoms with Crippen molar-refractivity contribution in [2.24, 2.45) is 4.99 Å². The van der Waals surface area contributed by atoms with Crippen molar-refractivity contribution in [3.63, 3.8) is 0 Å². The molecule has 0 bridgehead atoms. The van der Waals surface area contributed by atoms with Gasteiger partial charge < -0.3 is 14.7 Å². The highest BCUT2D eigenvalue weighted by Crippen LogP contribution is 2.23. The van der Waals surface area contributed by atoms with E-state index in [1.165, 1.54) is 0 Å². The van der Waals surface area contributed by atoms with E-state index in [0.29, 0.717) is 16.8 Å². The first-order valence-corrected chi connectivity index (χ1v) is 11.6. The van der Waals surface area contributed by atoms with E-state index >= 15 is 0 Å². The number of imidazole rings is 1. The summed E-state index contributed by atoms with van der Waals surface area (Å²) in [6.45, 7) is 2.00. The number of fused-ring (bicyclic) bond motifs is 2. The number of benzene rings is 4. The zero-order valence-electron chi connectivity index (χ0n) is 19.5. The Morgan fingerprint density at radius 1 is 0.889 bits per heavy atom. The highest BCUT2D eigenvalue weighted by atomic mass is 16.3. The molecule has 2 heterocycles. The number of anilines is 1. The zero-order chi connectivity index (χ0) is 24.5. The molecule has 0 radical (unpaired) electrons. The highest BCUT2D eigenvalue weighted by Gasteiger charge is 2.14. The Hall–Kier alpha value is -4.97. The molecule has 0 aliphatic carbocycles. The molecule has 2 N–H and O–H groups in total. The van der Waals surface area contributed by atoms with Crippen LogP contribution in [0, 0.1) is 6.92 Å². The Balaban J connectivity index is 1.33. The summed E-state index contributed by atoms with van der Waals surface area (Å²) in [5, 5.41) is 3.80. The van der Waals surface area contributed by atoms with E-state index in [9.17, 15) is 4.79 Å². The second-order valence-electron chi connectivity index (χ2n) is 8.59. The minimum atomic E-state index is -0.299. The average Bonchev–Trinajstić information content (AvgIpc) is 3.33. The number of rotatable bonds is 4. The summed E-state index contributed by atoms with van der Waals surface area (Å²) < 4.78 is 6.06. The molecule has 0 spiro atoms. The molecule has 4 aromatic carbocycles. The van der Waals surface area contributed by atoms with Gasteiger partial charge in [-0.2, -0.15) is 0 Å². The number of para-hydroxylation sites is 3. The van der Waals surface area contributed by atoms with Crippen LogP contribution in [0.2, 0.25) is 0 Å². The van der Waals surface area contributed by atoms with E-state index in [-0.39, 0.29) is 11.5 Å². The number of carbonyl (C=O) groups excluding carboxylic acids is 1. The lowest BCUT2D eigenvalue weighted by atomic mass is 10.1. The van der Waals surface area contributed by atoms with Crippen LogP contribution in [0.4, 0.5) is 11.4 Å². The summed E-state index contributed by atoms with van der Waals surface area (Å²) >= 11 is 0. The normalized spacial score (nSPS) is 11.8. The maximum absolute atomic E-state index is 13.4. The molecule has 0 atom stereocenters. The van der Waals surface area contributed by atoms with Crippen molar-refractivity contribution >= 4 is 39.3 Å². The maximum Gasteiger partial charge on any atom is 0.261 e. The Morgan fingerprint density at radius 2 is 1.69 bits per heavy atom. The fourth-order valence-electron chi connectivity index (χ4n) is 4.13. The van der Waals surface area contributed by atoms with Crippen LogP contribution in [-0.2, 0) is 0 Å². The molecule has 2 aromatic heterocycles. The van der Waals surface area contributed by atoms with Crippen LogP contribution in [0.25, 0.3) is 33.4 Å². The Morgan fingerprint density at radius 3 is 2.53 bits per heavy atom. The molecule has 36 heavy (non-hydrogen) atoms. The van der Waals surface area contributed by atoms with Gasteiger partial charge in [-0.25, -0.2) is 9.98 Å². The Labute approximate surface area is 207 Å². The fraction of sp³-hybridized carbons (Fsp3) is 0.0333. The topological polar surface area (TPSA) is 83.3 Å². The summed E-state index contributed by atoms with van der Waals surface area (Å²) in [4.78, 5) is 26.0. The molecule has 0 saturated carbocycles. The quantitative estimate of drug-likeness (QED) is 0.298. The van der Waals surface area contributed by atoms with Gasteiger partial charge in [0.15, 0.2) is 0 Å². The van der Waals surface area contributed by atoms with Gasteiger partial charge in [0.05, 0.1) is 16.7 Å². The van der Waals surface area contributed by atoms with E-state index < -0.39 is 0 Å². The number of H-pyrrole nitrogens is 1.